The highest BCUT2D eigenvalue weighted by Crippen LogP contribution is 2.50. The van der Waals surface area contributed by atoms with Gasteiger partial charge in [-0.1, -0.05) is 103 Å². The van der Waals surface area contributed by atoms with E-state index >= 15 is 0 Å². The van der Waals surface area contributed by atoms with E-state index in [1.54, 1.807) is 0 Å². The van der Waals surface area contributed by atoms with Crippen LogP contribution in [0.2, 0.25) is 0 Å². The minimum absolute atomic E-state index is 0.170. The third-order valence-electron chi connectivity index (χ3n) is 7.48. The number of anilines is 2. The molecule has 0 N–H and O–H groups in total. The molecule has 0 aliphatic heterocycles. The summed E-state index contributed by atoms with van der Waals surface area (Å²) in [6.07, 6.45) is 0. The summed E-state index contributed by atoms with van der Waals surface area (Å²) in [5, 5.41) is 7.77. The molecule has 6 aromatic carbocycles. The first-order chi connectivity index (χ1) is 18.5. The van der Waals surface area contributed by atoms with Gasteiger partial charge in [-0.3, -0.25) is 0 Å². The average Bonchev–Trinajstić information content (AvgIpc) is 3.32. The first-order valence-corrected chi connectivity index (χ1v) is 14.0. The lowest BCUT2D eigenvalue weighted by atomic mass is 9.88. The van der Waals surface area contributed by atoms with E-state index in [0.29, 0.717) is 0 Å². The van der Waals surface area contributed by atoms with Gasteiger partial charge in [-0.25, -0.2) is 0 Å². The maximum Gasteiger partial charge on any atom is 0.0575 e. The fourth-order valence-corrected chi connectivity index (χ4v) is 7.15. The number of fused-ring (bicyclic) bond motifs is 5. The van der Waals surface area contributed by atoms with E-state index in [-0.39, 0.29) is 5.54 Å². The zero-order chi connectivity index (χ0) is 25.9. The molecule has 1 aromatic heterocycles. The fourth-order valence-electron chi connectivity index (χ4n) is 6.02. The third kappa shape index (κ3) is 3.52. The van der Waals surface area contributed by atoms with Crippen molar-refractivity contribution in [3.8, 4) is 11.1 Å². The highest BCUT2D eigenvalue weighted by molar-refractivity contribution is 7.26. The Bertz CT molecular complexity index is 1900. The van der Waals surface area contributed by atoms with Crippen molar-refractivity contribution in [1.82, 2.24) is 0 Å². The second-order valence-corrected chi connectivity index (χ2v) is 12.0. The zero-order valence-electron chi connectivity index (χ0n) is 21.9. The summed E-state index contributed by atoms with van der Waals surface area (Å²) in [5.41, 5.74) is 4.91. The number of benzene rings is 6. The lowest BCUT2D eigenvalue weighted by molar-refractivity contribution is 0.564. The van der Waals surface area contributed by atoms with Crippen molar-refractivity contribution in [3.05, 3.63) is 121 Å². The van der Waals surface area contributed by atoms with Crippen molar-refractivity contribution in [2.45, 2.75) is 26.3 Å². The standard InChI is InChI=1S/C36H29NS/c1-36(2,3)37(30-21-13-23-32-34(30)29-20-11-12-22-31(29)38-32)35-27-18-9-7-16-25(27)33(24-14-5-4-6-15-24)26-17-8-10-19-28(26)35/h4-23H,1-3H3. The number of nitrogens with zero attached hydrogens (tertiary/aromatic N) is 1. The van der Waals surface area contributed by atoms with E-state index in [1.807, 2.05) is 11.3 Å². The molecule has 38 heavy (non-hydrogen) atoms. The maximum absolute atomic E-state index is 2.59. The van der Waals surface area contributed by atoms with Crippen molar-refractivity contribution in [2.75, 3.05) is 4.90 Å². The van der Waals surface area contributed by atoms with Crippen LogP contribution in [0.1, 0.15) is 20.8 Å². The molecule has 2 heteroatoms. The van der Waals surface area contributed by atoms with Crippen LogP contribution in [-0.4, -0.2) is 5.54 Å². The molecule has 7 aromatic rings. The van der Waals surface area contributed by atoms with Crippen molar-refractivity contribution in [2.24, 2.45) is 0 Å². The molecule has 0 spiro atoms. The summed E-state index contributed by atoms with van der Waals surface area (Å²) in [5.74, 6) is 0. The summed E-state index contributed by atoms with van der Waals surface area (Å²) in [4.78, 5) is 2.59. The van der Waals surface area contributed by atoms with Gasteiger partial charge in [0.05, 0.1) is 11.4 Å². The van der Waals surface area contributed by atoms with Crippen molar-refractivity contribution in [3.63, 3.8) is 0 Å². The van der Waals surface area contributed by atoms with Crippen LogP contribution >= 0.6 is 11.3 Å². The minimum atomic E-state index is -0.170. The number of hydrogen-bond donors (Lipinski definition) is 0. The van der Waals surface area contributed by atoms with Gasteiger partial charge in [0.1, 0.15) is 0 Å². The normalized spacial score (nSPS) is 12.1. The van der Waals surface area contributed by atoms with Gasteiger partial charge in [-0.15, -0.1) is 11.3 Å². The van der Waals surface area contributed by atoms with Gasteiger partial charge < -0.3 is 4.90 Å². The highest BCUT2D eigenvalue weighted by atomic mass is 32.1. The lowest BCUT2D eigenvalue weighted by Gasteiger charge is -2.40. The van der Waals surface area contributed by atoms with Gasteiger partial charge in [-0.2, -0.15) is 0 Å². The Balaban J connectivity index is 1.66. The largest absolute Gasteiger partial charge is 0.335 e. The Hall–Kier alpha value is -4.14. The van der Waals surface area contributed by atoms with E-state index in [0.717, 1.165) is 0 Å². The molecule has 7 rings (SSSR count). The predicted molar refractivity (Wildman–Crippen MR) is 168 cm³/mol. The summed E-state index contributed by atoms with van der Waals surface area (Å²) >= 11 is 1.88. The Morgan fingerprint density at radius 3 is 1.66 bits per heavy atom. The Labute approximate surface area is 227 Å². The van der Waals surface area contributed by atoms with E-state index in [9.17, 15) is 0 Å². The quantitative estimate of drug-likeness (QED) is 0.215. The summed E-state index contributed by atoms with van der Waals surface area (Å²) < 4.78 is 2.66. The Kier molecular flexibility index (Phi) is 5.28. The number of hydrogen-bond acceptors (Lipinski definition) is 2. The fraction of sp³-hybridized carbons (Fsp3) is 0.111. The molecule has 0 saturated carbocycles. The molecule has 0 bridgehead atoms. The van der Waals surface area contributed by atoms with Crippen molar-refractivity contribution in [1.29, 1.82) is 0 Å². The SMILES string of the molecule is CC(C)(C)N(c1c2ccccc2c(-c2ccccc2)c2ccccc12)c1cccc2sc3ccccc3c12. The first kappa shape index (κ1) is 23.0. The van der Waals surface area contributed by atoms with Gasteiger partial charge in [0.15, 0.2) is 0 Å². The van der Waals surface area contributed by atoms with Crippen LogP contribution in [0.25, 0.3) is 52.8 Å². The number of thiophene rings is 1. The molecule has 184 valence electrons. The van der Waals surface area contributed by atoms with Gasteiger partial charge in [-0.05, 0) is 60.9 Å². The lowest BCUT2D eigenvalue weighted by Crippen LogP contribution is -2.38. The molecule has 0 fully saturated rings. The van der Waals surface area contributed by atoms with Gasteiger partial charge in [0.2, 0.25) is 0 Å². The van der Waals surface area contributed by atoms with Crippen molar-refractivity contribution >= 4 is 64.4 Å². The zero-order valence-corrected chi connectivity index (χ0v) is 22.7. The second kappa shape index (κ2) is 8.72. The van der Waals surface area contributed by atoms with E-state index < -0.39 is 0 Å². The monoisotopic (exact) mass is 507 g/mol. The molecular formula is C36H29NS. The topological polar surface area (TPSA) is 3.24 Å². The van der Waals surface area contributed by atoms with E-state index in [2.05, 4.69) is 147 Å². The predicted octanol–water partition coefficient (Wildman–Crippen LogP) is 11.0. The van der Waals surface area contributed by atoms with Crippen LogP contribution in [-0.2, 0) is 0 Å². The van der Waals surface area contributed by atoms with Gasteiger partial charge >= 0.3 is 0 Å². The molecule has 0 amide bonds. The molecule has 0 saturated heterocycles. The summed E-state index contributed by atoms with van der Waals surface area (Å²) in [6, 6.07) is 44.3. The Morgan fingerprint density at radius 1 is 0.500 bits per heavy atom. The maximum atomic E-state index is 2.59. The molecule has 0 radical (unpaired) electrons. The van der Waals surface area contributed by atoms with Gasteiger partial charge in [0.25, 0.3) is 0 Å². The van der Waals surface area contributed by atoms with Crippen molar-refractivity contribution < 1.29 is 0 Å². The third-order valence-corrected chi connectivity index (χ3v) is 8.62. The van der Waals surface area contributed by atoms with Crippen LogP contribution in [0, 0.1) is 0 Å². The average molecular weight is 508 g/mol. The van der Waals surface area contributed by atoms with Crippen LogP contribution in [0.15, 0.2) is 121 Å². The molecule has 0 unspecified atom stereocenters. The molecule has 0 atom stereocenters. The smallest absolute Gasteiger partial charge is 0.0575 e. The highest BCUT2D eigenvalue weighted by Gasteiger charge is 2.30. The molecule has 1 nitrogen and oxygen atoms in total. The van der Waals surface area contributed by atoms with Gasteiger partial charge in [0, 0.05) is 36.5 Å². The first-order valence-electron chi connectivity index (χ1n) is 13.2. The van der Waals surface area contributed by atoms with Crippen LogP contribution in [0.5, 0.6) is 0 Å². The van der Waals surface area contributed by atoms with Crippen LogP contribution in [0.4, 0.5) is 11.4 Å². The molecular weight excluding hydrogens is 478 g/mol. The van der Waals surface area contributed by atoms with E-state index in [1.165, 1.54) is 64.2 Å². The number of rotatable bonds is 3. The minimum Gasteiger partial charge on any atom is -0.335 e. The molecule has 1 heterocycles. The molecule has 0 aliphatic rings. The summed E-state index contributed by atoms with van der Waals surface area (Å²) in [6.45, 7) is 6.99. The molecule has 0 aliphatic carbocycles. The second-order valence-electron chi connectivity index (χ2n) is 10.9. The Morgan fingerprint density at radius 2 is 1.03 bits per heavy atom. The summed E-state index contributed by atoms with van der Waals surface area (Å²) in [7, 11) is 0. The van der Waals surface area contributed by atoms with Crippen LogP contribution in [0.3, 0.4) is 0 Å². The van der Waals surface area contributed by atoms with Crippen LogP contribution < -0.4 is 4.90 Å². The van der Waals surface area contributed by atoms with E-state index in [4.69, 9.17) is 0 Å².